The number of hydrogen-bond acceptors (Lipinski definition) is 1. The lowest BCUT2D eigenvalue weighted by Crippen LogP contribution is -2.40. The van der Waals surface area contributed by atoms with Crippen molar-refractivity contribution in [3.05, 3.63) is 107 Å². The molecule has 2 nitrogen and oxygen atoms in total. The van der Waals surface area contributed by atoms with Crippen LogP contribution < -0.4 is 0 Å². The minimum Gasteiger partial charge on any atom is -0.334 e. The maximum Gasteiger partial charge on any atom is 0.254 e. The standard InChI is InChI=1S/C22H19NO/c1-23-21(17-12-6-3-7-13-17)20(16-10-4-2-5-11-16)18-14-8-9-15-19(18)22(23)24/h2-15,20-21H,1H3/t20-,21-/m1/s1. The maximum atomic E-state index is 12.9. The first-order valence-corrected chi connectivity index (χ1v) is 8.23. The molecular formula is C22H19NO. The van der Waals surface area contributed by atoms with Crippen LogP contribution in [0.25, 0.3) is 0 Å². The highest BCUT2D eigenvalue weighted by atomic mass is 16.2. The minimum absolute atomic E-state index is 0.00370. The van der Waals surface area contributed by atoms with Gasteiger partial charge in [-0.15, -0.1) is 0 Å². The van der Waals surface area contributed by atoms with Crippen LogP contribution in [0.5, 0.6) is 0 Å². The molecule has 118 valence electrons. The van der Waals surface area contributed by atoms with E-state index in [-0.39, 0.29) is 17.9 Å². The Kier molecular flexibility index (Phi) is 3.66. The molecule has 2 atom stereocenters. The summed E-state index contributed by atoms with van der Waals surface area (Å²) in [4.78, 5) is 14.8. The Labute approximate surface area is 142 Å². The van der Waals surface area contributed by atoms with Crippen LogP contribution >= 0.6 is 0 Å². The number of carbonyl (C=O) groups is 1. The van der Waals surface area contributed by atoms with Gasteiger partial charge in [-0.25, -0.2) is 0 Å². The van der Waals surface area contributed by atoms with Crippen molar-refractivity contribution in [1.29, 1.82) is 0 Å². The highest BCUT2D eigenvalue weighted by Crippen LogP contribution is 2.45. The Morgan fingerprint density at radius 2 is 1.25 bits per heavy atom. The summed E-state index contributed by atoms with van der Waals surface area (Å²) in [7, 11) is 1.91. The van der Waals surface area contributed by atoms with Gasteiger partial charge in [0.05, 0.1) is 6.04 Å². The van der Waals surface area contributed by atoms with Gasteiger partial charge in [0.2, 0.25) is 0 Å². The molecule has 3 aromatic rings. The molecule has 0 unspecified atom stereocenters. The highest BCUT2D eigenvalue weighted by molar-refractivity contribution is 5.97. The molecule has 0 aliphatic carbocycles. The van der Waals surface area contributed by atoms with E-state index in [4.69, 9.17) is 0 Å². The number of hydrogen-bond donors (Lipinski definition) is 0. The van der Waals surface area contributed by atoms with Crippen LogP contribution in [0.1, 0.15) is 39.0 Å². The largest absolute Gasteiger partial charge is 0.334 e. The van der Waals surface area contributed by atoms with E-state index in [1.165, 1.54) is 5.56 Å². The first-order valence-electron chi connectivity index (χ1n) is 8.23. The summed E-state index contributed by atoms with van der Waals surface area (Å²) in [6.07, 6.45) is 0. The maximum absolute atomic E-state index is 12.9. The van der Waals surface area contributed by atoms with Gasteiger partial charge < -0.3 is 4.90 Å². The third-order valence-corrected chi connectivity index (χ3v) is 4.88. The molecule has 24 heavy (non-hydrogen) atoms. The second kappa shape index (κ2) is 5.97. The van der Waals surface area contributed by atoms with Crippen LogP contribution in [0.3, 0.4) is 0 Å². The van der Waals surface area contributed by atoms with Crippen LogP contribution in [0.2, 0.25) is 0 Å². The smallest absolute Gasteiger partial charge is 0.254 e. The summed E-state index contributed by atoms with van der Waals surface area (Å²) in [6, 6.07) is 28.8. The molecule has 4 rings (SSSR count). The van der Waals surface area contributed by atoms with E-state index < -0.39 is 0 Å². The average molecular weight is 313 g/mol. The molecule has 1 aliphatic rings. The Hall–Kier alpha value is -2.87. The van der Waals surface area contributed by atoms with Crippen molar-refractivity contribution in [3.63, 3.8) is 0 Å². The Morgan fingerprint density at radius 1 is 0.708 bits per heavy atom. The van der Waals surface area contributed by atoms with Crippen LogP contribution in [0.4, 0.5) is 0 Å². The normalized spacial score (nSPS) is 19.9. The summed E-state index contributed by atoms with van der Waals surface area (Å²) < 4.78 is 0. The molecule has 3 aromatic carbocycles. The third-order valence-electron chi connectivity index (χ3n) is 4.88. The second-order valence-corrected chi connectivity index (χ2v) is 6.25. The summed E-state index contributed by atoms with van der Waals surface area (Å²) in [5, 5.41) is 0. The topological polar surface area (TPSA) is 20.3 Å². The highest BCUT2D eigenvalue weighted by Gasteiger charge is 2.39. The zero-order valence-electron chi connectivity index (χ0n) is 13.6. The lowest BCUT2D eigenvalue weighted by Gasteiger charge is -2.41. The van der Waals surface area contributed by atoms with E-state index in [0.717, 1.165) is 16.7 Å². The van der Waals surface area contributed by atoms with E-state index in [2.05, 4.69) is 42.5 Å². The van der Waals surface area contributed by atoms with Crippen LogP contribution in [-0.4, -0.2) is 17.9 Å². The van der Waals surface area contributed by atoms with Crippen LogP contribution in [0.15, 0.2) is 84.9 Å². The van der Waals surface area contributed by atoms with Gasteiger partial charge in [-0.3, -0.25) is 4.79 Å². The summed E-state index contributed by atoms with van der Waals surface area (Å²) in [6.45, 7) is 0. The zero-order valence-corrected chi connectivity index (χ0v) is 13.6. The molecule has 0 bridgehead atoms. The fourth-order valence-electron chi connectivity index (χ4n) is 3.76. The number of fused-ring (bicyclic) bond motifs is 1. The van der Waals surface area contributed by atoms with Gasteiger partial charge in [-0.2, -0.15) is 0 Å². The Balaban J connectivity index is 1.96. The molecule has 0 spiro atoms. The average Bonchev–Trinajstić information content (AvgIpc) is 2.66. The quantitative estimate of drug-likeness (QED) is 0.674. The van der Waals surface area contributed by atoms with Gasteiger partial charge in [0, 0.05) is 18.5 Å². The first-order chi connectivity index (χ1) is 11.8. The van der Waals surface area contributed by atoms with Gasteiger partial charge in [0.15, 0.2) is 0 Å². The van der Waals surface area contributed by atoms with Gasteiger partial charge in [0.25, 0.3) is 5.91 Å². The first kappa shape index (κ1) is 14.7. The molecule has 0 N–H and O–H groups in total. The number of rotatable bonds is 2. The second-order valence-electron chi connectivity index (χ2n) is 6.25. The lowest BCUT2D eigenvalue weighted by atomic mass is 9.76. The van der Waals surface area contributed by atoms with Gasteiger partial charge >= 0.3 is 0 Å². The summed E-state index contributed by atoms with van der Waals surface area (Å²) in [5.41, 5.74) is 4.32. The molecule has 0 saturated heterocycles. The summed E-state index contributed by atoms with van der Waals surface area (Å²) in [5.74, 6) is 0.221. The molecule has 2 heteroatoms. The fourth-order valence-corrected chi connectivity index (χ4v) is 3.76. The summed E-state index contributed by atoms with van der Waals surface area (Å²) >= 11 is 0. The van der Waals surface area contributed by atoms with E-state index in [1.54, 1.807) is 0 Å². The van der Waals surface area contributed by atoms with Crippen molar-refractivity contribution < 1.29 is 4.79 Å². The molecule has 1 aliphatic heterocycles. The van der Waals surface area contributed by atoms with Crippen molar-refractivity contribution in [2.45, 2.75) is 12.0 Å². The monoisotopic (exact) mass is 313 g/mol. The van der Waals surface area contributed by atoms with Crippen LogP contribution in [0, 0.1) is 0 Å². The fraction of sp³-hybridized carbons (Fsp3) is 0.136. The molecule has 0 fully saturated rings. The molecule has 1 heterocycles. The molecular weight excluding hydrogens is 294 g/mol. The van der Waals surface area contributed by atoms with Crippen molar-refractivity contribution >= 4 is 5.91 Å². The van der Waals surface area contributed by atoms with Crippen molar-refractivity contribution in [1.82, 2.24) is 4.90 Å². The van der Waals surface area contributed by atoms with Gasteiger partial charge in [-0.05, 0) is 22.8 Å². The lowest BCUT2D eigenvalue weighted by molar-refractivity contribution is 0.0686. The van der Waals surface area contributed by atoms with E-state index >= 15 is 0 Å². The number of likely N-dealkylation sites (N-methyl/N-ethyl adjacent to an activating group) is 1. The SMILES string of the molecule is CN1C(=O)c2ccccc2[C@@H](c2ccccc2)[C@H]1c1ccccc1. The molecule has 0 saturated carbocycles. The number of nitrogens with zero attached hydrogens (tertiary/aromatic N) is 1. The Bertz CT molecular complexity index is 857. The van der Waals surface area contributed by atoms with Crippen molar-refractivity contribution in [3.8, 4) is 0 Å². The van der Waals surface area contributed by atoms with E-state index in [1.807, 2.05) is 54.4 Å². The predicted octanol–water partition coefficient (Wildman–Crippen LogP) is 4.65. The molecule has 0 aromatic heterocycles. The van der Waals surface area contributed by atoms with E-state index in [9.17, 15) is 4.79 Å². The van der Waals surface area contributed by atoms with Gasteiger partial charge in [0.1, 0.15) is 0 Å². The third kappa shape index (κ3) is 2.31. The molecule has 0 radical (unpaired) electrons. The minimum atomic E-state index is -0.00370. The van der Waals surface area contributed by atoms with E-state index in [0.29, 0.717) is 0 Å². The van der Waals surface area contributed by atoms with Crippen molar-refractivity contribution in [2.75, 3.05) is 7.05 Å². The van der Waals surface area contributed by atoms with Crippen LogP contribution in [-0.2, 0) is 0 Å². The number of benzene rings is 3. The number of carbonyl (C=O) groups excluding carboxylic acids is 1. The Morgan fingerprint density at radius 3 is 1.92 bits per heavy atom. The predicted molar refractivity (Wildman–Crippen MR) is 96.0 cm³/mol. The molecule has 1 amide bonds. The zero-order chi connectivity index (χ0) is 16.5. The number of amides is 1. The van der Waals surface area contributed by atoms with Crippen molar-refractivity contribution in [2.24, 2.45) is 0 Å². The van der Waals surface area contributed by atoms with Gasteiger partial charge in [-0.1, -0.05) is 78.9 Å².